The molecule has 1 heterocycles. The van der Waals surface area contributed by atoms with Gasteiger partial charge in [0.2, 0.25) is 0 Å². The molecule has 0 saturated carbocycles. The molecule has 2 aliphatic rings. The number of amides is 2. The van der Waals surface area contributed by atoms with Crippen LogP contribution in [0.3, 0.4) is 0 Å². The molecule has 1 N–H and O–H groups in total. The molecule has 1 aliphatic heterocycles. The van der Waals surface area contributed by atoms with Crippen LogP contribution in [0.2, 0.25) is 0 Å². The predicted octanol–water partition coefficient (Wildman–Crippen LogP) is 5.70. The third kappa shape index (κ3) is 4.73. The van der Waals surface area contributed by atoms with E-state index in [0.717, 1.165) is 17.7 Å². The summed E-state index contributed by atoms with van der Waals surface area (Å²) in [7, 11) is 1.54. The fourth-order valence-electron chi connectivity index (χ4n) is 4.69. The topological polar surface area (TPSA) is 76.4 Å². The van der Waals surface area contributed by atoms with Crippen LogP contribution in [0.1, 0.15) is 61.9 Å². The molecule has 0 spiro atoms. The summed E-state index contributed by atoms with van der Waals surface area (Å²) in [6, 6.07) is 10.6. The van der Waals surface area contributed by atoms with Gasteiger partial charge < -0.3 is 10.2 Å². The summed E-state index contributed by atoms with van der Waals surface area (Å²) >= 11 is 0. The number of nitrogens with one attached hydrogen (secondary N) is 1. The minimum Gasteiger partial charge on any atom is -0.316 e. The number of likely N-dealkylation sites (N-methyl/N-ethyl adjacent to an activating group) is 1. The van der Waals surface area contributed by atoms with E-state index in [9.17, 15) is 28.0 Å². The van der Waals surface area contributed by atoms with E-state index in [1.807, 2.05) is 20.8 Å². The lowest BCUT2D eigenvalue weighted by molar-refractivity contribution is -0.137. The maximum atomic E-state index is 13.6. The molecule has 1 aliphatic carbocycles. The highest BCUT2D eigenvalue weighted by atomic mass is 19.4. The number of hydrogen-bond donors (Lipinski definition) is 1. The minimum absolute atomic E-state index is 0.0665. The number of ketones is 1. The number of nitrogens with zero attached hydrogens (tertiary/aromatic N) is 3. The van der Waals surface area contributed by atoms with Crippen LogP contribution in [0.5, 0.6) is 0 Å². The first-order valence-corrected chi connectivity index (χ1v) is 11.6. The summed E-state index contributed by atoms with van der Waals surface area (Å²) in [5.74, 6) is -0.148. The number of carbonyl (C=O) groups excluding carboxylic acids is 2. The number of benzene rings is 2. The average Bonchev–Trinajstić information content (AvgIpc) is 3.18. The summed E-state index contributed by atoms with van der Waals surface area (Å²) in [6.45, 7) is 6.42. The average molecular weight is 497 g/mol. The van der Waals surface area contributed by atoms with Crippen molar-refractivity contribution >= 4 is 17.5 Å². The molecule has 188 valence electrons. The zero-order chi connectivity index (χ0) is 26.4. The molecular formula is C27H27F3N4O2. The Morgan fingerprint density at radius 1 is 1.08 bits per heavy atom. The van der Waals surface area contributed by atoms with Crippen molar-refractivity contribution in [2.75, 3.05) is 11.9 Å². The SMILES string of the molecule is CN1C(=O)N(c2cccc(C(F)(F)F)c2)C2=C(C(=O)CC2)C1c1ccc(C#N)cc1CNC(C)(C)C. The molecule has 2 aromatic rings. The number of hydrogen-bond acceptors (Lipinski definition) is 4. The summed E-state index contributed by atoms with van der Waals surface area (Å²) < 4.78 is 40.1. The van der Waals surface area contributed by atoms with Crippen molar-refractivity contribution in [3.8, 4) is 6.07 Å². The number of halogens is 3. The summed E-state index contributed by atoms with van der Waals surface area (Å²) in [5, 5.41) is 12.8. The number of allylic oxidation sites excluding steroid dienone is 1. The van der Waals surface area contributed by atoms with E-state index < -0.39 is 23.8 Å². The van der Waals surface area contributed by atoms with Crippen molar-refractivity contribution < 1.29 is 22.8 Å². The predicted molar refractivity (Wildman–Crippen MR) is 129 cm³/mol. The van der Waals surface area contributed by atoms with Gasteiger partial charge in [-0.05, 0) is 68.7 Å². The lowest BCUT2D eigenvalue weighted by Crippen LogP contribution is -2.48. The Hall–Kier alpha value is -3.64. The van der Waals surface area contributed by atoms with Crippen LogP contribution in [0.4, 0.5) is 23.7 Å². The van der Waals surface area contributed by atoms with Gasteiger partial charge >= 0.3 is 12.2 Å². The zero-order valence-corrected chi connectivity index (χ0v) is 20.5. The Morgan fingerprint density at radius 2 is 1.81 bits per heavy atom. The van der Waals surface area contributed by atoms with Crippen LogP contribution in [0.25, 0.3) is 0 Å². The van der Waals surface area contributed by atoms with Gasteiger partial charge in [-0.1, -0.05) is 12.1 Å². The largest absolute Gasteiger partial charge is 0.416 e. The number of nitriles is 1. The van der Waals surface area contributed by atoms with Crippen LogP contribution in [0.15, 0.2) is 53.7 Å². The molecule has 1 atom stereocenters. The van der Waals surface area contributed by atoms with Crippen LogP contribution in [-0.2, 0) is 17.5 Å². The van der Waals surface area contributed by atoms with E-state index in [1.165, 1.54) is 21.9 Å². The molecule has 2 aromatic carbocycles. The fraction of sp³-hybridized carbons (Fsp3) is 0.370. The number of anilines is 1. The van der Waals surface area contributed by atoms with E-state index in [1.54, 1.807) is 25.2 Å². The lowest BCUT2D eigenvalue weighted by atomic mass is 9.89. The van der Waals surface area contributed by atoms with Gasteiger partial charge in [-0.3, -0.25) is 9.69 Å². The standard InChI is InChI=1S/C27H27F3N4O2/c1-26(2,3)32-15-17-12-16(14-31)8-9-20(17)24-23-21(10-11-22(23)35)34(25(36)33(24)4)19-7-5-6-18(13-19)27(28,29)30/h5-9,12-13,24,32H,10-11,15H2,1-4H3. The van der Waals surface area contributed by atoms with E-state index >= 15 is 0 Å². The van der Waals surface area contributed by atoms with Gasteiger partial charge in [-0.25, -0.2) is 4.79 Å². The highest BCUT2D eigenvalue weighted by Crippen LogP contribution is 2.45. The molecule has 0 aromatic heterocycles. The number of carbonyl (C=O) groups is 2. The normalized spacial score (nSPS) is 18.6. The molecule has 0 radical (unpaired) electrons. The van der Waals surface area contributed by atoms with E-state index in [2.05, 4.69) is 11.4 Å². The molecule has 0 fully saturated rings. The zero-order valence-electron chi connectivity index (χ0n) is 20.5. The van der Waals surface area contributed by atoms with Gasteiger partial charge in [-0.15, -0.1) is 0 Å². The molecule has 4 rings (SSSR count). The van der Waals surface area contributed by atoms with E-state index in [-0.39, 0.29) is 29.9 Å². The van der Waals surface area contributed by atoms with Gasteiger partial charge in [0.1, 0.15) is 0 Å². The molecule has 0 saturated heterocycles. The van der Waals surface area contributed by atoms with Crippen LogP contribution < -0.4 is 10.2 Å². The monoisotopic (exact) mass is 496 g/mol. The second kappa shape index (κ2) is 9.10. The van der Waals surface area contributed by atoms with Crippen LogP contribution >= 0.6 is 0 Å². The second-order valence-electron chi connectivity index (χ2n) is 10.1. The van der Waals surface area contributed by atoms with Crippen molar-refractivity contribution in [1.82, 2.24) is 10.2 Å². The summed E-state index contributed by atoms with van der Waals surface area (Å²) in [5.41, 5.74) is 1.72. The first-order chi connectivity index (χ1) is 16.8. The van der Waals surface area contributed by atoms with Gasteiger partial charge in [0.25, 0.3) is 0 Å². The quantitative estimate of drug-likeness (QED) is 0.590. The van der Waals surface area contributed by atoms with Crippen LogP contribution in [0, 0.1) is 11.3 Å². The maximum Gasteiger partial charge on any atom is 0.416 e. The Morgan fingerprint density at radius 3 is 2.44 bits per heavy atom. The number of urea groups is 1. The Bertz CT molecular complexity index is 1300. The Labute approximate surface area is 208 Å². The molecular weight excluding hydrogens is 469 g/mol. The van der Waals surface area contributed by atoms with E-state index in [4.69, 9.17) is 0 Å². The first-order valence-electron chi connectivity index (χ1n) is 11.6. The molecule has 2 amide bonds. The van der Waals surface area contributed by atoms with Crippen LogP contribution in [-0.4, -0.2) is 29.3 Å². The van der Waals surface area contributed by atoms with Gasteiger partial charge in [0.05, 0.1) is 28.9 Å². The van der Waals surface area contributed by atoms with Crippen molar-refractivity contribution in [3.05, 3.63) is 76.0 Å². The Balaban J connectivity index is 1.86. The van der Waals surface area contributed by atoms with Gasteiger partial charge in [-0.2, -0.15) is 18.4 Å². The highest BCUT2D eigenvalue weighted by Gasteiger charge is 2.45. The lowest BCUT2D eigenvalue weighted by Gasteiger charge is -2.41. The molecule has 1 unspecified atom stereocenters. The van der Waals surface area contributed by atoms with Gasteiger partial charge in [0.15, 0.2) is 5.78 Å². The highest BCUT2D eigenvalue weighted by molar-refractivity contribution is 6.08. The maximum absolute atomic E-state index is 13.6. The molecule has 6 nitrogen and oxygen atoms in total. The van der Waals surface area contributed by atoms with Crippen molar-refractivity contribution in [3.63, 3.8) is 0 Å². The fourth-order valence-corrected chi connectivity index (χ4v) is 4.69. The van der Waals surface area contributed by atoms with Crippen molar-refractivity contribution in [1.29, 1.82) is 5.26 Å². The molecule has 36 heavy (non-hydrogen) atoms. The Kier molecular flexibility index (Phi) is 6.43. The molecule has 9 heteroatoms. The number of rotatable bonds is 4. The van der Waals surface area contributed by atoms with Crippen molar-refractivity contribution in [2.45, 2.75) is 57.9 Å². The minimum atomic E-state index is -4.57. The number of alkyl halides is 3. The third-order valence-corrected chi connectivity index (χ3v) is 6.43. The first kappa shape index (κ1) is 25.5. The summed E-state index contributed by atoms with van der Waals surface area (Å²) in [4.78, 5) is 29.4. The van der Waals surface area contributed by atoms with E-state index in [0.29, 0.717) is 28.9 Å². The third-order valence-electron chi connectivity index (χ3n) is 6.43. The smallest absolute Gasteiger partial charge is 0.316 e. The molecule has 0 bridgehead atoms. The van der Waals surface area contributed by atoms with Gasteiger partial charge in [0, 0.05) is 36.8 Å². The number of Topliss-reactive ketones (excluding diaryl/α,β-unsaturated/α-hetero) is 1. The van der Waals surface area contributed by atoms with Crippen molar-refractivity contribution in [2.24, 2.45) is 0 Å². The second-order valence-corrected chi connectivity index (χ2v) is 10.1. The summed E-state index contributed by atoms with van der Waals surface area (Å²) in [6.07, 6.45) is -4.14.